The van der Waals surface area contributed by atoms with E-state index in [1.165, 1.54) is 11.8 Å². The summed E-state index contributed by atoms with van der Waals surface area (Å²) in [4.78, 5) is 15.0. The van der Waals surface area contributed by atoms with Gasteiger partial charge in [0.05, 0.1) is 22.9 Å². The standard InChI is InChI=1S/C16H14ClN3O2S2/c1-20(9-11-5-4-8-23-11)14(21)10-24-16-19-18-15(22-16)12-6-2-3-7-13(12)17/h2-8H,9-10H2,1H3. The molecule has 0 fully saturated rings. The van der Waals surface area contributed by atoms with Crippen LogP contribution >= 0.6 is 34.7 Å². The van der Waals surface area contributed by atoms with Crippen LogP contribution in [0, 0.1) is 0 Å². The predicted molar refractivity (Wildman–Crippen MR) is 96.3 cm³/mol. The molecule has 0 saturated heterocycles. The molecule has 0 N–H and O–H groups in total. The summed E-state index contributed by atoms with van der Waals surface area (Å²) in [6.07, 6.45) is 0. The number of hydrogen-bond donors (Lipinski definition) is 0. The van der Waals surface area contributed by atoms with Gasteiger partial charge in [-0.05, 0) is 23.6 Å². The first kappa shape index (κ1) is 17.0. The highest BCUT2D eigenvalue weighted by atomic mass is 35.5. The Morgan fingerprint density at radius 1 is 1.29 bits per heavy atom. The maximum atomic E-state index is 12.2. The topological polar surface area (TPSA) is 59.2 Å². The number of benzene rings is 1. The molecule has 0 bridgehead atoms. The summed E-state index contributed by atoms with van der Waals surface area (Å²) in [5, 5.41) is 10.8. The van der Waals surface area contributed by atoms with E-state index in [9.17, 15) is 4.79 Å². The van der Waals surface area contributed by atoms with Gasteiger partial charge in [-0.2, -0.15) is 0 Å². The van der Waals surface area contributed by atoms with Crippen molar-refractivity contribution in [3.8, 4) is 11.5 Å². The van der Waals surface area contributed by atoms with Crippen LogP contribution in [-0.2, 0) is 11.3 Å². The van der Waals surface area contributed by atoms with Crippen LogP contribution in [0.25, 0.3) is 11.5 Å². The molecular weight excluding hydrogens is 366 g/mol. The number of carbonyl (C=O) groups excluding carboxylic acids is 1. The number of nitrogens with zero attached hydrogens (tertiary/aromatic N) is 3. The van der Waals surface area contributed by atoms with Gasteiger partial charge in [0.2, 0.25) is 11.8 Å². The lowest BCUT2D eigenvalue weighted by Gasteiger charge is -2.15. The van der Waals surface area contributed by atoms with Crippen molar-refractivity contribution in [3.05, 3.63) is 51.7 Å². The van der Waals surface area contributed by atoms with Gasteiger partial charge < -0.3 is 9.32 Å². The Morgan fingerprint density at radius 2 is 2.12 bits per heavy atom. The molecule has 0 aliphatic rings. The lowest BCUT2D eigenvalue weighted by Crippen LogP contribution is -2.27. The van der Waals surface area contributed by atoms with E-state index in [0.717, 1.165) is 4.88 Å². The van der Waals surface area contributed by atoms with Gasteiger partial charge in [-0.1, -0.05) is 41.6 Å². The van der Waals surface area contributed by atoms with Crippen LogP contribution in [0.15, 0.2) is 51.4 Å². The van der Waals surface area contributed by atoms with E-state index >= 15 is 0 Å². The van der Waals surface area contributed by atoms with Crippen LogP contribution in [-0.4, -0.2) is 33.8 Å². The second-order valence-corrected chi connectivity index (χ2v) is 7.34. The summed E-state index contributed by atoms with van der Waals surface area (Å²) in [6, 6.07) is 11.2. The van der Waals surface area contributed by atoms with Gasteiger partial charge in [0.25, 0.3) is 5.22 Å². The second-order valence-electron chi connectivity index (χ2n) is 4.97. The van der Waals surface area contributed by atoms with Crippen LogP contribution in [0.2, 0.25) is 5.02 Å². The molecule has 0 radical (unpaired) electrons. The largest absolute Gasteiger partial charge is 0.411 e. The number of thioether (sulfide) groups is 1. The maximum absolute atomic E-state index is 12.2. The van der Waals surface area contributed by atoms with Crippen molar-refractivity contribution in [2.24, 2.45) is 0 Å². The molecule has 1 aromatic carbocycles. The third-order valence-corrected chi connectivity index (χ3v) is 5.22. The van der Waals surface area contributed by atoms with Gasteiger partial charge in [0.15, 0.2) is 0 Å². The molecule has 3 aromatic rings. The summed E-state index contributed by atoms with van der Waals surface area (Å²) >= 11 is 8.96. The van der Waals surface area contributed by atoms with Crippen molar-refractivity contribution in [1.82, 2.24) is 15.1 Å². The maximum Gasteiger partial charge on any atom is 0.277 e. The van der Waals surface area contributed by atoms with Crippen molar-refractivity contribution in [2.45, 2.75) is 11.8 Å². The van der Waals surface area contributed by atoms with E-state index in [1.807, 2.05) is 35.7 Å². The third-order valence-electron chi connectivity index (χ3n) is 3.23. The van der Waals surface area contributed by atoms with Gasteiger partial charge in [-0.25, -0.2) is 0 Å². The van der Waals surface area contributed by atoms with Crippen LogP contribution in [0.4, 0.5) is 0 Å². The molecule has 2 aromatic heterocycles. The molecule has 0 aliphatic carbocycles. The zero-order valence-electron chi connectivity index (χ0n) is 12.8. The summed E-state index contributed by atoms with van der Waals surface area (Å²) in [7, 11) is 1.78. The van der Waals surface area contributed by atoms with E-state index in [4.69, 9.17) is 16.0 Å². The Morgan fingerprint density at radius 3 is 2.88 bits per heavy atom. The summed E-state index contributed by atoms with van der Waals surface area (Å²) < 4.78 is 5.57. The van der Waals surface area contributed by atoms with Crippen molar-refractivity contribution in [1.29, 1.82) is 0 Å². The highest BCUT2D eigenvalue weighted by Crippen LogP contribution is 2.28. The molecule has 1 amide bonds. The van der Waals surface area contributed by atoms with Crippen LogP contribution in [0.3, 0.4) is 0 Å². The fourth-order valence-corrected chi connectivity index (χ4v) is 3.65. The minimum Gasteiger partial charge on any atom is -0.411 e. The molecule has 0 unspecified atom stereocenters. The average molecular weight is 380 g/mol. The number of rotatable bonds is 6. The number of halogens is 1. The Kier molecular flexibility index (Phi) is 5.55. The average Bonchev–Trinajstić information content (AvgIpc) is 3.24. The number of thiophene rings is 1. The molecule has 2 heterocycles. The molecule has 0 aliphatic heterocycles. The van der Waals surface area contributed by atoms with Crippen molar-refractivity contribution < 1.29 is 9.21 Å². The third kappa shape index (κ3) is 4.17. The summed E-state index contributed by atoms with van der Waals surface area (Å²) in [5.41, 5.74) is 0.680. The molecule has 24 heavy (non-hydrogen) atoms. The van der Waals surface area contributed by atoms with E-state index in [0.29, 0.717) is 28.2 Å². The first-order valence-electron chi connectivity index (χ1n) is 7.11. The number of amides is 1. The van der Waals surface area contributed by atoms with E-state index in [1.54, 1.807) is 29.4 Å². The quantitative estimate of drug-likeness (QED) is 0.600. The lowest BCUT2D eigenvalue weighted by atomic mass is 10.2. The van der Waals surface area contributed by atoms with Crippen molar-refractivity contribution >= 4 is 40.6 Å². The highest BCUT2D eigenvalue weighted by Gasteiger charge is 2.15. The fourth-order valence-electron chi connectivity index (χ4n) is 1.97. The van der Waals surface area contributed by atoms with Crippen molar-refractivity contribution in [2.75, 3.05) is 12.8 Å². The number of hydrogen-bond acceptors (Lipinski definition) is 6. The van der Waals surface area contributed by atoms with E-state index in [-0.39, 0.29) is 11.7 Å². The molecule has 0 atom stereocenters. The highest BCUT2D eigenvalue weighted by molar-refractivity contribution is 7.99. The minimum atomic E-state index is 0.00546. The normalized spacial score (nSPS) is 10.8. The van der Waals surface area contributed by atoms with Gasteiger partial charge in [-0.3, -0.25) is 4.79 Å². The Hall–Kier alpha value is -1.83. The monoisotopic (exact) mass is 379 g/mol. The van der Waals surface area contributed by atoms with Crippen LogP contribution in [0.1, 0.15) is 4.88 Å². The molecule has 0 saturated carbocycles. The van der Waals surface area contributed by atoms with Gasteiger partial charge in [0.1, 0.15) is 0 Å². The Bertz CT molecular complexity index is 820. The fraction of sp³-hybridized carbons (Fsp3) is 0.188. The number of aromatic nitrogens is 2. The van der Waals surface area contributed by atoms with Crippen LogP contribution in [0.5, 0.6) is 0 Å². The molecule has 124 valence electrons. The molecule has 8 heteroatoms. The zero-order valence-corrected chi connectivity index (χ0v) is 15.2. The molecular formula is C16H14ClN3O2S2. The van der Waals surface area contributed by atoms with Gasteiger partial charge in [0, 0.05) is 11.9 Å². The molecule has 3 rings (SSSR count). The van der Waals surface area contributed by atoms with Crippen molar-refractivity contribution in [3.63, 3.8) is 0 Å². The SMILES string of the molecule is CN(Cc1cccs1)C(=O)CSc1nnc(-c2ccccc2Cl)o1. The van der Waals surface area contributed by atoms with E-state index in [2.05, 4.69) is 10.2 Å². The molecule has 0 spiro atoms. The Balaban J connectivity index is 1.57. The first-order chi connectivity index (χ1) is 11.6. The van der Waals surface area contributed by atoms with E-state index < -0.39 is 0 Å². The van der Waals surface area contributed by atoms with Gasteiger partial charge in [-0.15, -0.1) is 21.5 Å². The zero-order chi connectivity index (χ0) is 16.9. The lowest BCUT2D eigenvalue weighted by molar-refractivity contribution is -0.127. The smallest absolute Gasteiger partial charge is 0.277 e. The predicted octanol–water partition coefficient (Wildman–Crippen LogP) is 4.20. The van der Waals surface area contributed by atoms with Gasteiger partial charge >= 0.3 is 0 Å². The molecule has 5 nitrogen and oxygen atoms in total. The van der Waals surface area contributed by atoms with Crippen LogP contribution < -0.4 is 0 Å². The second kappa shape index (κ2) is 7.83. The number of carbonyl (C=O) groups is 1. The minimum absolute atomic E-state index is 0.00546. The summed E-state index contributed by atoms with van der Waals surface area (Å²) in [6.45, 7) is 0.603. The summed E-state index contributed by atoms with van der Waals surface area (Å²) in [5.74, 6) is 0.597. The Labute approximate surface area is 152 Å². The first-order valence-corrected chi connectivity index (χ1v) is 9.35.